The highest BCUT2D eigenvalue weighted by molar-refractivity contribution is 5.91. The smallest absolute Gasteiger partial charge is 0.269 e. The molecule has 2 aromatic rings. The van der Waals surface area contributed by atoms with Crippen molar-refractivity contribution >= 4 is 5.91 Å². The van der Waals surface area contributed by atoms with Crippen molar-refractivity contribution in [2.75, 3.05) is 6.61 Å². The van der Waals surface area contributed by atoms with E-state index in [9.17, 15) is 4.79 Å². The lowest BCUT2D eigenvalue weighted by Crippen LogP contribution is -2.12. The number of nitrogens with zero attached hydrogens (tertiary/aromatic N) is 2. The normalized spacial score (nSPS) is 13.2. The summed E-state index contributed by atoms with van der Waals surface area (Å²) in [7, 11) is 0. The van der Waals surface area contributed by atoms with E-state index >= 15 is 0 Å². The Kier molecular flexibility index (Phi) is 2.33. The molecular weight excluding hydrogens is 230 g/mol. The second kappa shape index (κ2) is 3.87. The monoisotopic (exact) mass is 243 g/mol. The van der Waals surface area contributed by atoms with Crippen molar-refractivity contribution in [1.29, 1.82) is 0 Å². The van der Waals surface area contributed by atoms with Gasteiger partial charge >= 0.3 is 0 Å². The summed E-state index contributed by atoms with van der Waals surface area (Å²) in [6.45, 7) is 2.57. The predicted octanol–water partition coefficient (Wildman–Crippen LogP) is 1.21. The summed E-state index contributed by atoms with van der Waals surface area (Å²) in [5.41, 5.74) is 8.47. The molecule has 0 bridgehead atoms. The van der Waals surface area contributed by atoms with Crippen molar-refractivity contribution in [2.45, 2.75) is 13.3 Å². The highest BCUT2D eigenvalue weighted by Crippen LogP contribution is 2.28. The van der Waals surface area contributed by atoms with Crippen molar-refractivity contribution in [1.82, 2.24) is 9.78 Å². The molecule has 3 rings (SSSR count). The number of rotatable bonds is 1. The summed E-state index contributed by atoms with van der Waals surface area (Å²) in [4.78, 5) is 11.2. The minimum absolute atomic E-state index is 0.291. The predicted molar refractivity (Wildman–Crippen MR) is 66.0 cm³/mol. The van der Waals surface area contributed by atoms with E-state index in [1.165, 1.54) is 0 Å². The number of carbonyl (C=O) groups excluding carboxylic acids is 1. The van der Waals surface area contributed by atoms with Crippen LogP contribution in [0.1, 0.15) is 21.7 Å². The Bertz CT molecular complexity index is 631. The number of nitrogens with two attached hydrogens (primary N) is 1. The lowest BCUT2D eigenvalue weighted by molar-refractivity contribution is 0.0995. The van der Waals surface area contributed by atoms with Gasteiger partial charge in [0.1, 0.15) is 11.4 Å². The first kappa shape index (κ1) is 10.8. The topological polar surface area (TPSA) is 70.1 Å². The molecule has 5 nitrogen and oxygen atoms in total. The van der Waals surface area contributed by atoms with Gasteiger partial charge in [0.2, 0.25) is 0 Å². The van der Waals surface area contributed by atoms with Crippen LogP contribution in [0.2, 0.25) is 0 Å². The van der Waals surface area contributed by atoms with Crippen molar-refractivity contribution in [3.05, 3.63) is 41.2 Å². The third-order valence-corrected chi connectivity index (χ3v) is 2.99. The molecule has 0 fully saturated rings. The molecule has 92 valence electrons. The van der Waals surface area contributed by atoms with Crippen molar-refractivity contribution in [2.24, 2.45) is 5.73 Å². The van der Waals surface area contributed by atoms with Gasteiger partial charge in [-0.1, -0.05) is 6.07 Å². The number of fused-ring (bicyclic) bond motifs is 3. The van der Waals surface area contributed by atoms with E-state index in [1.54, 1.807) is 10.7 Å². The van der Waals surface area contributed by atoms with Gasteiger partial charge in [0.05, 0.1) is 6.61 Å². The molecule has 2 heterocycles. The van der Waals surface area contributed by atoms with E-state index in [0.717, 1.165) is 22.7 Å². The lowest BCUT2D eigenvalue weighted by Gasteiger charge is -2.08. The summed E-state index contributed by atoms with van der Waals surface area (Å²) >= 11 is 0. The number of hydrogen-bond acceptors (Lipinski definition) is 3. The first-order valence-electron chi connectivity index (χ1n) is 5.78. The van der Waals surface area contributed by atoms with Gasteiger partial charge in [0.25, 0.3) is 5.91 Å². The SMILES string of the molecule is Cc1ccc2c(c1)-n1nc(C(N)=O)cc1CCO2. The minimum atomic E-state index is -0.509. The summed E-state index contributed by atoms with van der Waals surface area (Å²) in [6.07, 6.45) is 0.702. The largest absolute Gasteiger partial charge is 0.491 e. The molecule has 1 aromatic heterocycles. The fraction of sp³-hybridized carbons (Fsp3) is 0.231. The Morgan fingerprint density at radius 2 is 2.28 bits per heavy atom. The van der Waals surface area contributed by atoms with Gasteiger partial charge in [-0.3, -0.25) is 4.79 Å². The third kappa shape index (κ3) is 1.64. The Morgan fingerprint density at radius 1 is 1.44 bits per heavy atom. The Hall–Kier alpha value is -2.30. The van der Waals surface area contributed by atoms with Gasteiger partial charge in [-0.15, -0.1) is 0 Å². The fourth-order valence-electron chi connectivity index (χ4n) is 2.11. The van der Waals surface area contributed by atoms with Crippen LogP contribution in [-0.2, 0) is 6.42 Å². The number of aryl methyl sites for hydroxylation is 1. The van der Waals surface area contributed by atoms with E-state index in [2.05, 4.69) is 5.10 Å². The fourth-order valence-corrected chi connectivity index (χ4v) is 2.11. The molecule has 0 spiro atoms. The molecule has 5 heteroatoms. The van der Waals surface area contributed by atoms with E-state index < -0.39 is 5.91 Å². The highest BCUT2D eigenvalue weighted by Gasteiger charge is 2.19. The molecule has 1 aromatic carbocycles. The summed E-state index contributed by atoms with van der Waals surface area (Å²) in [5.74, 6) is 0.268. The summed E-state index contributed by atoms with van der Waals surface area (Å²) in [5, 5.41) is 4.25. The summed E-state index contributed by atoms with van der Waals surface area (Å²) < 4.78 is 7.41. The van der Waals surface area contributed by atoms with Crippen LogP contribution in [-0.4, -0.2) is 22.3 Å². The third-order valence-electron chi connectivity index (χ3n) is 2.99. The second-order valence-corrected chi connectivity index (χ2v) is 4.37. The Balaban J connectivity index is 2.22. The Morgan fingerprint density at radius 3 is 3.06 bits per heavy atom. The number of carbonyl (C=O) groups is 1. The van der Waals surface area contributed by atoms with E-state index in [1.807, 2.05) is 25.1 Å². The van der Waals surface area contributed by atoms with Crippen LogP contribution in [0.15, 0.2) is 24.3 Å². The summed E-state index contributed by atoms with van der Waals surface area (Å²) in [6, 6.07) is 7.62. The zero-order chi connectivity index (χ0) is 12.7. The van der Waals surface area contributed by atoms with Gasteiger partial charge in [-0.05, 0) is 30.7 Å². The van der Waals surface area contributed by atoms with Crippen molar-refractivity contribution in [3.63, 3.8) is 0 Å². The average Bonchev–Trinajstić information content (AvgIpc) is 2.68. The van der Waals surface area contributed by atoms with Crippen LogP contribution >= 0.6 is 0 Å². The number of hydrogen-bond donors (Lipinski definition) is 1. The number of primary amides is 1. The van der Waals surface area contributed by atoms with Crippen LogP contribution in [0, 0.1) is 6.92 Å². The molecule has 0 radical (unpaired) electrons. The van der Waals surface area contributed by atoms with Crippen LogP contribution in [0.25, 0.3) is 5.69 Å². The zero-order valence-corrected chi connectivity index (χ0v) is 10.0. The Labute approximate surface area is 104 Å². The molecule has 0 aliphatic carbocycles. The molecular formula is C13H13N3O2. The van der Waals surface area contributed by atoms with Crippen LogP contribution < -0.4 is 10.5 Å². The van der Waals surface area contributed by atoms with Crippen molar-refractivity contribution in [3.8, 4) is 11.4 Å². The van der Waals surface area contributed by atoms with E-state index in [0.29, 0.717) is 18.7 Å². The molecule has 0 unspecified atom stereocenters. The first-order valence-corrected chi connectivity index (χ1v) is 5.78. The standard InChI is InChI=1S/C13H13N3O2/c1-8-2-3-12-11(6-8)16-9(4-5-18-12)7-10(15-16)13(14)17/h2-3,6-7H,4-5H2,1H3,(H2,14,17). The van der Waals surface area contributed by atoms with E-state index in [-0.39, 0.29) is 0 Å². The number of aromatic nitrogens is 2. The average molecular weight is 243 g/mol. The van der Waals surface area contributed by atoms with Gasteiger partial charge < -0.3 is 10.5 Å². The van der Waals surface area contributed by atoms with Gasteiger partial charge in [-0.2, -0.15) is 5.10 Å². The number of benzene rings is 1. The number of amides is 1. The quantitative estimate of drug-likeness (QED) is 0.818. The number of ether oxygens (including phenoxy) is 1. The van der Waals surface area contributed by atoms with Crippen molar-refractivity contribution < 1.29 is 9.53 Å². The lowest BCUT2D eigenvalue weighted by atomic mass is 10.2. The molecule has 2 N–H and O–H groups in total. The maximum absolute atomic E-state index is 11.2. The van der Waals surface area contributed by atoms with Crippen LogP contribution in [0.5, 0.6) is 5.75 Å². The van der Waals surface area contributed by atoms with Gasteiger partial charge in [0, 0.05) is 12.1 Å². The molecule has 18 heavy (non-hydrogen) atoms. The maximum atomic E-state index is 11.2. The minimum Gasteiger partial charge on any atom is -0.491 e. The molecule has 0 atom stereocenters. The maximum Gasteiger partial charge on any atom is 0.269 e. The second-order valence-electron chi connectivity index (χ2n) is 4.37. The molecule has 0 saturated heterocycles. The van der Waals surface area contributed by atoms with Gasteiger partial charge in [-0.25, -0.2) is 4.68 Å². The van der Waals surface area contributed by atoms with Crippen LogP contribution in [0.4, 0.5) is 0 Å². The van der Waals surface area contributed by atoms with Gasteiger partial charge in [0.15, 0.2) is 5.69 Å². The molecule has 1 amide bonds. The van der Waals surface area contributed by atoms with E-state index in [4.69, 9.17) is 10.5 Å². The van der Waals surface area contributed by atoms with Crippen LogP contribution in [0.3, 0.4) is 0 Å². The zero-order valence-electron chi connectivity index (χ0n) is 10.0. The molecule has 1 aliphatic rings. The highest BCUT2D eigenvalue weighted by atomic mass is 16.5. The molecule has 0 saturated carbocycles. The molecule has 1 aliphatic heterocycles. The first-order chi connectivity index (χ1) is 8.65.